The molecule has 1 atom stereocenters. The summed E-state index contributed by atoms with van der Waals surface area (Å²) < 4.78 is 10.9. The molecular formula is C21H20BrNO4. The van der Waals surface area contributed by atoms with Crippen LogP contribution >= 0.6 is 15.9 Å². The number of carbonyl (C=O) groups excluding carboxylic acids is 2. The molecule has 2 aromatic carbocycles. The Hall–Kier alpha value is -2.47. The van der Waals surface area contributed by atoms with E-state index in [-0.39, 0.29) is 0 Å². The van der Waals surface area contributed by atoms with Crippen LogP contribution in [0.1, 0.15) is 29.0 Å². The predicted molar refractivity (Wildman–Crippen MR) is 106 cm³/mol. The third-order valence-electron chi connectivity index (χ3n) is 4.90. The van der Waals surface area contributed by atoms with Gasteiger partial charge in [0.05, 0.1) is 14.2 Å². The molecule has 0 aliphatic heterocycles. The van der Waals surface area contributed by atoms with Gasteiger partial charge in [0.25, 0.3) is 5.54 Å². The first-order chi connectivity index (χ1) is 13.0. The number of rotatable bonds is 5. The topological polar surface area (TPSA) is 65.0 Å². The van der Waals surface area contributed by atoms with Crippen LogP contribution in [-0.4, -0.2) is 37.9 Å². The molecule has 0 bridgehead atoms. The Morgan fingerprint density at radius 3 is 2.41 bits per heavy atom. The fraction of sp³-hybridized carbons (Fsp3) is 0.286. The van der Waals surface area contributed by atoms with Crippen molar-refractivity contribution in [3.8, 4) is 0 Å². The van der Waals surface area contributed by atoms with Crippen molar-refractivity contribution in [1.29, 1.82) is 0 Å². The van der Waals surface area contributed by atoms with E-state index in [4.69, 9.17) is 9.47 Å². The molecule has 0 spiro atoms. The van der Waals surface area contributed by atoms with Gasteiger partial charge in [-0.1, -0.05) is 52.3 Å². The molecule has 0 N–H and O–H groups in total. The Bertz CT molecular complexity index is 863. The number of aliphatic imine (C=N–C) groups is 1. The molecular weight excluding hydrogens is 410 g/mol. The molecule has 0 saturated carbocycles. The average molecular weight is 430 g/mol. The van der Waals surface area contributed by atoms with Crippen molar-refractivity contribution in [2.45, 2.75) is 24.3 Å². The molecule has 27 heavy (non-hydrogen) atoms. The number of aryl methyl sites for hydroxylation is 1. The molecule has 3 rings (SSSR count). The fourth-order valence-electron chi connectivity index (χ4n) is 3.60. The van der Waals surface area contributed by atoms with Crippen LogP contribution in [0.5, 0.6) is 0 Å². The van der Waals surface area contributed by atoms with E-state index in [1.54, 1.807) is 0 Å². The molecule has 0 fully saturated rings. The normalized spacial score (nSPS) is 16.2. The molecule has 0 heterocycles. The summed E-state index contributed by atoms with van der Waals surface area (Å²) in [4.78, 5) is 30.3. The summed E-state index contributed by atoms with van der Waals surface area (Å²) >= 11 is 3.47. The second kappa shape index (κ2) is 8.05. The van der Waals surface area contributed by atoms with Gasteiger partial charge in [-0.25, -0.2) is 9.59 Å². The van der Waals surface area contributed by atoms with Crippen LogP contribution in [0.3, 0.4) is 0 Å². The van der Waals surface area contributed by atoms with E-state index in [0.29, 0.717) is 6.42 Å². The SMILES string of the molecule is COC(=O)C(N=Cc1ccccc1)(C(=O)OC)[C@@H]1CCc2ccc(Br)cc21. The van der Waals surface area contributed by atoms with Gasteiger partial charge in [-0.15, -0.1) is 0 Å². The minimum absolute atomic E-state index is 0.468. The van der Waals surface area contributed by atoms with Gasteiger partial charge in [-0.2, -0.15) is 0 Å². The molecule has 0 unspecified atom stereocenters. The number of hydrogen-bond donors (Lipinski definition) is 0. The van der Waals surface area contributed by atoms with Gasteiger partial charge < -0.3 is 9.47 Å². The van der Waals surface area contributed by atoms with Crippen molar-refractivity contribution in [2.75, 3.05) is 14.2 Å². The van der Waals surface area contributed by atoms with Crippen LogP contribution in [0.25, 0.3) is 0 Å². The third-order valence-corrected chi connectivity index (χ3v) is 5.39. The number of hydrogen-bond acceptors (Lipinski definition) is 5. The summed E-state index contributed by atoms with van der Waals surface area (Å²) in [5.41, 5.74) is 0.994. The van der Waals surface area contributed by atoms with Crippen LogP contribution in [-0.2, 0) is 25.5 Å². The molecule has 0 aromatic heterocycles. The van der Waals surface area contributed by atoms with E-state index in [9.17, 15) is 9.59 Å². The van der Waals surface area contributed by atoms with Gasteiger partial charge >= 0.3 is 11.9 Å². The maximum atomic E-state index is 12.9. The molecule has 1 aliphatic rings. The second-order valence-electron chi connectivity index (χ2n) is 6.35. The molecule has 1 aliphatic carbocycles. The van der Waals surface area contributed by atoms with Gasteiger partial charge in [0.1, 0.15) is 0 Å². The quantitative estimate of drug-likeness (QED) is 0.413. The smallest absolute Gasteiger partial charge is 0.346 e. The number of halogens is 1. The molecule has 140 valence electrons. The van der Waals surface area contributed by atoms with Crippen molar-refractivity contribution in [3.05, 3.63) is 69.7 Å². The van der Waals surface area contributed by atoms with Gasteiger partial charge in [0, 0.05) is 16.6 Å². The fourth-order valence-corrected chi connectivity index (χ4v) is 3.98. The lowest BCUT2D eigenvalue weighted by Gasteiger charge is -2.30. The molecule has 6 heteroatoms. The number of esters is 2. The Morgan fingerprint density at radius 2 is 1.78 bits per heavy atom. The lowest BCUT2D eigenvalue weighted by molar-refractivity contribution is -0.162. The molecule has 2 aromatic rings. The zero-order valence-corrected chi connectivity index (χ0v) is 16.7. The van der Waals surface area contributed by atoms with Crippen molar-refractivity contribution in [1.82, 2.24) is 0 Å². The Morgan fingerprint density at radius 1 is 1.11 bits per heavy atom. The van der Waals surface area contributed by atoms with Crippen molar-refractivity contribution in [3.63, 3.8) is 0 Å². The first kappa shape index (κ1) is 19.3. The monoisotopic (exact) mass is 429 g/mol. The number of carbonyl (C=O) groups is 2. The van der Waals surface area contributed by atoms with Gasteiger partial charge in [0.15, 0.2) is 0 Å². The van der Waals surface area contributed by atoms with Crippen molar-refractivity contribution in [2.24, 2.45) is 4.99 Å². The highest BCUT2D eigenvalue weighted by Gasteiger charge is 2.56. The van der Waals surface area contributed by atoms with Crippen LogP contribution in [0, 0.1) is 0 Å². The summed E-state index contributed by atoms with van der Waals surface area (Å²) in [5.74, 6) is -1.91. The minimum atomic E-state index is -1.79. The van der Waals surface area contributed by atoms with Crippen LogP contribution in [0.2, 0.25) is 0 Å². The first-order valence-electron chi connectivity index (χ1n) is 8.58. The van der Waals surface area contributed by atoms with Crippen LogP contribution in [0.4, 0.5) is 0 Å². The summed E-state index contributed by atoms with van der Waals surface area (Å²) in [7, 11) is 2.52. The lowest BCUT2D eigenvalue weighted by atomic mass is 9.80. The van der Waals surface area contributed by atoms with E-state index in [1.807, 2.05) is 48.5 Å². The molecule has 0 saturated heterocycles. The standard InChI is InChI=1S/C21H20BrNO4/c1-26-19(24)21(20(25)27-2,23-13-14-6-4-3-5-7-14)18-11-9-15-8-10-16(22)12-17(15)18/h3-8,10,12-13,18H,9,11H2,1-2H3/t18-/m1/s1. The van der Waals surface area contributed by atoms with E-state index >= 15 is 0 Å². The maximum absolute atomic E-state index is 12.9. The zero-order chi connectivity index (χ0) is 19.4. The summed E-state index contributed by atoms with van der Waals surface area (Å²) in [5, 5.41) is 0. The highest BCUT2D eigenvalue weighted by molar-refractivity contribution is 9.10. The second-order valence-corrected chi connectivity index (χ2v) is 7.27. The van der Waals surface area contributed by atoms with Gasteiger partial charge in [-0.05, 0) is 41.7 Å². The highest BCUT2D eigenvalue weighted by Crippen LogP contribution is 2.44. The average Bonchev–Trinajstić information content (AvgIpc) is 3.12. The highest BCUT2D eigenvalue weighted by atomic mass is 79.9. The Kier molecular flexibility index (Phi) is 5.75. The van der Waals surface area contributed by atoms with E-state index in [2.05, 4.69) is 20.9 Å². The van der Waals surface area contributed by atoms with E-state index in [0.717, 1.165) is 27.6 Å². The summed E-state index contributed by atoms with van der Waals surface area (Å²) in [6.07, 6.45) is 2.88. The van der Waals surface area contributed by atoms with Crippen molar-refractivity contribution >= 4 is 34.1 Å². The number of ether oxygens (including phenoxy) is 2. The van der Waals surface area contributed by atoms with E-state index in [1.165, 1.54) is 20.4 Å². The number of fused-ring (bicyclic) bond motifs is 1. The molecule has 0 amide bonds. The first-order valence-corrected chi connectivity index (χ1v) is 9.37. The van der Waals surface area contributed by atoms with E-state index < -0.39 is 23.4 Å². The third kappa shape index (κ3) is 3.54. The van der Waals surface area contributed by atoms with Gasteiger partial charge in [-0.3, -0.25) is 4.99 Å². The summed E-state index contributed by atoms with van der Waals surface area (Å²) in [6, 6.07) is 15.2. The van der Waals surface area contributed by atoms with Gasteiger partial charge in [0.2, 0.25) is 0 Å². The number of nitrogens with zero attached hydrogens (tertiary/aromatic N) is 1. The van der Waals surface area contributed by atoms with Crippen LogP contribution < -0.4 is 0 Å². The largest absolute Gasteiger partial charge is 0.467 e. The molecule has 0 radical (unpaired) electrons. The number of benzene rings is 2. The Labute approximate surface area is 166 Å². The predicted octanol–water partition coefficient (Wildman–Crippen LogP) is 3.68. The maximum Gasteiger partial charge on any atom is 0.346 e. The Balaban J connectivity index is 2.16. The zero-order valence-electron chi connectivity index (χ0n) is 15.1. The van der Waals surface area contributed by atoms with Crippen LogP contribution in [0.15, 0.2) is 58.0 Å². The lowest BCUT2D eigenvalue weighted by Crippen LogP contribution is -2.51. The minimum Gasteiger partial charge on any atom is -0.467 e. The number of methoxy groups -OCH3 is 2. The summed E-state index contributed by atoms with van der Waals surface area (Å²) in [6.45, 7) is 0. The van der Waals surface area contributed by atoms with Crippen molar-refractivity contribution < 1.29 is 19.1 Å². The molecule has 5 nitrogen and oxygen atoms in total.